The fraction of sp³-hybridized carbons (Fsp3) is 0.259. The second kappa shape index (κ2) is 12.7. The molecule has 3 aromatic heterocycles. The van der Waals surface area contributed by atoms with E-state index < -0.39 is 5.97 Å². The van der Waals surface area contributed by atoms with Crippen LogP contribution in [0.1, 0.15) is 37.4 Å². The Balaban J connectivity index is 1.27. The molecule has 0 bridgehead atoms. The molecule has 2 N–H and O–H groups in total. The van der Waals surface area contributed by atoms with Crippen LogP contribution in [-0.4, -0.2) is 54.3 Å². The summed E-state index contributed by atoms with van der Waals surface area (Å²) >= 11 is 2.74. The Morgan fingerprint density at radius 2 is 1.87 bits per heavy atom. The Labute approximate surface area is 233 Å². The van der Waals surface area contributed by atoms with Crippen LogP contribution in [0, 0.1) is 0 Å². The molecule has 1 aliphatic rings. The van der Waals surface area contributed by atoms with Gasteiger partial charge < -0.3 is 20.1 Å². The maximum absolute atomic E-state index is 12.2. The molecule has 1 saturated heterocycles. The molecular weight excluding hydrogens is 536 g/mol. The van der Waals surface area contributed by atoms with Crippen molar-refractivity contribution in [1.82, 2.24) is 24.2 Å². The molecule has 4 heterocycles. The molecule has 4 aromatic rings. The monoisotopic (exact) mass is 562 g/mol. The lowest BCUT2D eigenvalue weighted by Gasteiger charge is -2.30. The molecule has 0 aliphatic carbocycles. The van der Waals surface area contributed by atoms with Gasteiger partial charge in [-0.3, -0.25) is 9.59 Å². The molecule has 200 valence electrons. The number of carbonyl (C=O) groups excluding carboxylic acids is 1. The van der Waals surface area contributed by atoms with Gasteiger partial charge in [-0.15, -0.1) is 0 Å². The van der Waals surface area contributed by atoms with Crippen molar-refractivity contribution in [3.8, 4) is 11.5 Å². The van der Waals surface area contributed by atoms with Crippen molar-refractivity contribution in [3.05, 3.63) is 72.8 Å². The first-order valence-corrected chi connectivity index (χ1v) is 14.0. The SMILES string of the molecule is O=C(O)CCC(=O)N1CCC(c2nsc(Nc3ncc(Sc4ccccn4)cc3Oc3ccccc3)n2)CC1. The number of piperidine rings is 1. The zero-order chi connectivity index (χ0) is 27.0. The molecule has 1 aliphatic heterocycles. The summed E-state index contributed by atoms with van der Waals surface area (Å²) in [4.78, 5) is 39.3. The maximum Gasteiger partial charge on any atom is 0.303 e. The van der Waals surface area contributed by atoms with Gasteiger partial charge in [0.25, 0.3) is 0 Å². The number of aromatic nitrogens is 4. The van der Waals surface area contributed by atoms with Crippen molar-refractivity contribution in [2.24, 2.45) is 0 Å². The summed E-state index contributed by atoms with van der Waals surface area (Å²) in [5.41, 5.74) is 0. The van der Waals surface area contributed by atoms with Gasteiger partial charge in [0.1, 0.15) is 16.6 Å². The lowest BCUT2D eigenvalue weighted by atomic mass is 9.96. The van der Waals surface area contributed by atoms with Gasteiger partial charge in [-0.2, -0.15) is 4.37 Å². The standard InChI is InChI=1S/C27H26N6O4S2/c34-23(9-10-24(35)36)33-14-11-18(12-15-33)25-30-27(39-32-25)31-26-21(37-19-6-2-1-3-7-19)16-20(17-29-26)38-22-8-4-5-13-28-22/h1-8,13,16-18H,9-12,14-15H2,(H,35,36)(H,29,30,31,32). The minimum absolute atomic E-state index is 0.0303. The van der Waals surface area contributed by atoms with E-state index in [1.807, 2.05) is 54.6 Å². The van der Waals surface area contributed by atoms with E-state index in [9.17, 15) is 9.59 Å². The lowest BCUT2D eigenvalue weighted by molar-refractivity contribution is -0.141. The van der Waals surface area contributed by atoms with Gasteiger partial charge in [0.2, 0.25) is 11.0 Å². The number of carboxylic acid groups (broad SMARTS) is 1. The number of hydrogen-bond donors (Lipinski definition) is 2. The Bertz CT molecular complexity index is 1410. The molecule has 10 nitrogen and oxygen atoms in total. The van der Waals surface area contributed by atoms with Crippen LogP contribution in [0.2, 0.25) is 0 Å². The third-order valence-corrected chi connectivity index (χ3v) is 7.65. The zero-order valence-corrected chi connectivity index (χ0v) is 22.5. The van der Waals surface area contributed by atoms with Crippen LogP contribution in [-0.2, 0) is 9.59 Å². The number of pyridine rings is 2. The number of likely N-dealkylation sites (tertiary alicyclic amines) is 1. The van der Waals surface area contributed by atoms with Crippen LogP contribution < -0.4 is 10.1 Å². The predicted octanol–water partition coefficient (Wildman–Crippen LogP) is 5.59. The highest BCUT2D eigenvalue weighted by atomic mass is 32.2. The van der Waals surface area contributed by atoms with Gasteiger partial charge in [0, 0.05) is 60.3 Å². The minimum atomic E-state index is -0.960. The van der Waals surface area contributed by atoms with Crippen LogP contribution in [0.4, 0.5) is 10.9 Å². The van der Waals surface area contributed by atoms with Crippen LogP contribution >= 0.6 is 23.3 Å². The summed E-state index contributed by atoms with van der Waals surface area (Å²) in [5, 5.41) is 13.5. The number of para-hydroxylation sites is 1. The third-order valence-electron chi connectivity index (χ3n) is 6.09. The topological polar surface area (TPSA) is 130 Å². The average molecular weight is 563 g/mol. The van der Waals surface area contributed by atoms with Crippen LogP contribution in [0.5, 0.6) is 11.5 Å². The second-order valence-corrected chi connectivity index (χ2v) is 10.7. The molecule has 0 saturated carbocycles. The highest BCUT2D eigenvalue weighted by Gasteiger charge is 2.26. The number of benzene rings is 1. The number of rotatable bonds is 10. The molecule has 0 atom stereocenters. The van der Waals surface area contributed by atoms with Gasteiger partial charge in [-0.05, 0) is 37.1 Å². The highest BCUT2D eigenvalue weighted by molar-refractivity contribution is 7.99. The van der Waals surface area contributed by atoms with E-state index in [-0.39, 0.29) is 24.7 Å². The molecule has 39 heavy (non-hydrogen) atoms. The van der Waals surface area contributed by atoms with Crippen LogP contribution in [0.3, 0.4) is 0 Å². The van der Waals surface area contributed by atoms with Crippen LogP contribution in [0.25, 0.3) is 0 Å². The van der Waals surface area contributed by atoms with E-state index in [1.165, 1.54) is 23.3 Å². The predicted molar refractivity (Wildman–Crippen MR) is 148 cm³/mol. The Morgan fingerprint density at radius 3 is 2.62 bits per heavy atom. The van der Waals surface area contributed by atoms with E-state index in [0.29, 0.717) is 35.5 Å². The van der Waals surface area contributed by atoms with Gasteiger partial charge >= 0.3 is 5.97 Å². The number of nitrogens with one attached hydrogen (secondary N) is 1. The Kier molecular flexibility index (Phi) is 8.64. The number of carbonyl (C=O) groups is 2. The van der Waals surface area contributed by atoms with Gasteiger partial charge in [-0.25, -0.2) is 15.0 Å². The first-order chi connectivity index (χ1) is 19.0. The summed E-state index contributed by atoms with van der Waals surface area (Å²) < 4.78 is 10.7. The number of hydrogen-bond acceptors (Lipinski definition) is 10. The smallest absolute Gasteiger partial charge is 0.303 e. The van der Waals surface area contributed by atoms with Gasteiger partial charge in [0.15, 0.2) is 11.6 Å². The Hall–Kier alpha value is -4.03. The number of nitrogens with zero attached hydrogens (tertiary/aromatic N) is 5. The zero-order valence-electron chi connectivity index (χ0n) is 20.9. The number of amides is 1. The van der Waals surface area contributed by atoms with E-state index in [4.69, 9.17) is 14.8 Å². The summed E-state index contributed by atoms with van der Waals surface area (Å²) in [6.07, 6.45) is 4.86. The number of anilines is 2. The van der Waals surface area contributed by atoms with E-state index in [0.717, 1.165) is 28.6 Å². The van der Waals surface area contributed by atoms with Gasteiger partial charge in [0.05, 0.1) is 6.42 Å². The molecule has 0 unspecified atom stereocenters. The third kappa shape index (κ3) is 7.30. The molecule has 12 heteroatoms. The summed E-state index contributed by atoms with van der Waals surface area (Å²) in [6.45, 7) is 1.13. The summed E-state index contributed by atoms with van der Waals surface area (Å²) in [7, 11) is 0. The van der Waals surface area contributed by atoms with E-state index in [1.54, 1.807) is 17.3 Å². The molecule has 1 fully saturated rings. The maximum atomic E-state index is 12.2. The molecule has 0 radical (unpaired) electrons. The van der Waals surface area contributed by atoms with E-state index in [2.05, 4.69) is 19.7 Å². The Morgan fingerprint density at radius 1 is 1.08 bits per heavy atom. The van der Waals surface area contributed by atoms with Crippen molar-refractivity contribution in [2.45, 2.75) is 41.5 Å². The summed E-state index contributed by atoms with van der Waals surface area (Å²) in [5.74, 6) is 1.53. The van der Waals surface area contributed by atoms with Gasteiger partial charge in [-0.1, -0.05) is 36.0 Å². The molecule has 1 amide bonds. The van der Waals surface area contributed by atoms with Crippen molar-refractivity contribution < 1.29 is 19.4 Å². The molecular formula is C27H26N6O4S2. The van der Waals surface area contributed by atoms with Crippen molar-refractivity contribution in [3.63, 3.8) is 0 Å². The number of ether oxygens (including phenoxy) is 1. The first-order valence-electron chi connectivity index (χ1n) is 12.5. The van der Waals surface area contributed by atoms with Crippen molar-refractivity contribution in [1.29, 1.82) is 0 Å². The summed E-state index contributed by atoms with van der Waals surface area (Å²) in [6, 6.07) is 17.2. The normalized spacial score (nSPS) is 13.7. The number of aliphatic carboxylic acids is 1. The average Bonchev–Trinajstić information content (AvgIpc) is 3.43. The van der Waals surface area contributed by atoms with Crippen molar-refractivity contribution in [2.75, 3.05) is 18.4 Å². The quantitative estimate of drug-likeness (QED) is 0.252. The number of carboxylic acids is 1. The van der Waals surface area contributed by atoms with Crippen LogP contribution in [0.15, 0.2) is 76.9 Å². The lowest BCUT2D eigenvalue weighted by Crippen LogP contribution is -2.38. The highest BCUT2D eigenvalue weighted by Crippen LogP contribution is 2.36. The fourth-order valence-corrected chi connectivity index (χ4v) is 5.53. The molecule has 0 spiro atoms. The minimum Gasteiger partial charge on any atom is -0.481 e. The molecule has 1 aromatic carbocycles. The second-order valence-electron chi connectivity index (χ2n) is 8.83. The molecule has 5 rings (SSSR count). The van der Waals surface area contributed by atoms with Crippen molar-refractivity contribution >= 4 is 46.1 Å². The largest absolute Gasteiger partial charge is 0.481 e. The fourth-order valence-electron chi connectivity index (χ4n) is 4.11. The van der Waals surface area contributed by atoms with E-state index >= 15 is 0 Å². The first kappa shape index (κ1) is 26.6.